The molecule has 3 aromatic rings. The fourth-order valence-electron chi connectivity index (χ4n) is 2.56. The molecule has 0 aliphatic heterocycles. The van der Waals surface area contributed by atoms with Crippen LogP contribution in [-0.2, 0) is 11.3 Å². The number of carboxylic acids is 1. The maximum atomic E-state index is 11.1. The van der Waals surface area contributed by atoms with Gasteiger partial charge in [0.2, 0.25) is 0 Å². The number of carbonyl (C=O) groups is 1. The zero-order valence-electron chi connectivity index (χ0n) is 10.7. The van der Waals surface area contributed by atoms with Gasteiger partial charge in [-0.05, 0) is 12.1 Å². The third kappa shape index (κ3) is 1.81. The van der Waals surface area contributed by atoms with E-state index in [0.29, 0.717) is 0 Å². The Morgan fingerprint density at radius 1 is 1.10 bits per heavy atom. The van der Waals surface area contributed by atoms with Crippen LogP contribution in [0.1, 0.15) is 0 Å². The Labute approximate surface area is 115 Å². The van der Waals surface area contributed by atoms with Gasteiger partial charge >= 0.3 is 5.97 Å². The minimum Gasteiger partial charge on any atom is -0.480 e. The number of hydrogen-bond acceptors (Lipinski definition) is 2. The Morgan fingerprint density at radius 3 is 2.05 bits per heavy atom. The van der Waals surface area contributed by atoms with Gasteiger partial charge in [-0.2, -0.15) is 5.26 Å². The van der Waals surface area contributed by atoms with E-state index in [2.05, 4.69) is 0 Å². The van der Waals surface area contributed by atoms with E-state index in [1.165, 1.54) is 0 Å². The number of fused-ring (bicyclic) bond motifs is 3. The van der Waals surface area contributed by atoms with E-state index in [1.54, 1.807) is 0 Å². The van der Waals surface area contributed by atoms with Crippen LogP contribution < -0.4 is 0 Å². The molecule has 98 valence electrons. The highest BCUT2D eigenvalue weighted by Gasteiger charge is 2.20. The first-order chi connectivity index (χ1) is 9.72. The molecule has 0 radical (unpaired) electrons. The minimum atomic E-state index is -1.09. The van der Waals surface area contributed by atoms with Gasteiger partial charge in [0.1, 0.15) is 0 Å². The summed E-state index contributed by atoms with van der Waals surface area (Å²) in [4.78, 5) is 11.1. The number of hydrogen-bond donors (Lipinski definition) is 1. The summed E-state index contributed by atoms with van der Waals surface area (Å²) < 4.78 is 1.91. The number of rotatable bonds is 3. The van der Waals surface area contributed by atoms with Crippen LogP contribution in [0.4, 0.5) is 0 Å². The average molecular weight is 264 g/mol. The van der Waals surface area contributed by atoms with Crippen molar-refractivity contribution in [3.05, 3.63) is 48.5 Å². The van der Waals surface area contributed by atoms with E-state index < -0.39 is 11.9 Å². The summed E-state index contributed by atoms with van der Waals surface area (Å²) in [5.74, 6) is -2.14. The Kier molecular flexibility index (Phi) is 2.88. The standard InChI is InChI=1S/C16H12N2O2/c17-9-11(16(19)20)10-18-14-7-3-1-5-12(14)13-6-2-4-8-15(13)18/h1-8,11H,10H2,(H,19,20). The molecule has 4 heteroatoms. The maximum absolute atomic E-state index is 11.1. The number of nitrogens with zero attached hydrogens (tertiary/aromatic N) is 2. The minimum absolute atomic E-state index is 0.153. The van der Waals surface area contributed by atoms with Gasteiger partial charge in [-0.25, -0.2) is 0 Å². The topological polar surface area (TPSA) is 66.0 Å². The van der Waals surface area contributed by atoms with Gasteiger partial charge in [0.25, 0.3) is 0 Å². The predicted molar refractivity (Wildman–Crippen MR) is 76.2 cm³/mol. The van der Waals surface area contributed by atoms with Crippen molar-refractivity contribution in [1.29, 1.82) is 5.26 Å². The summed E-state index contributed by atoms with van der Waals surface area (Å²) in [7, 11) is 0. The maximum Gasteiger partial charge on any atom is 0.322 e. The highest BCUT2D eigenvalue weighted by molar-refractivity contribution is 6.08. The summed E-state index contributed by atoms with van der Waals surface area (Å²) in [6.45, 7) is 0.153. The fourth-order valence-corrected chi connectivity index (χ4v) is 2.56. The molecule has 1 atom stereocenters. The van der Waals surface area contributed by atoms with Crippen molar-refractivity contribution < 1.29 is 9.90 Å². The van der Waals surface area contributed by atoms with Crippen LogP contribution in [0.15, 0.2) is 48.5 Å². The summed E-state index contributed by atoms with van der Waals surface area (Å²) in [6, 6.07) is 17.5. The molecule has 0 bridgehead atoms. The van der Waals surface area contributed by atoms with Gasteiger partial charge in [0, 0.05) is 28.4 Å². The first kappa shape index (κ1) is 12.2. The highest BCUT2D eigenvalue weighted by Crippen LogP contribution is 2.29. The molecule has 0 saturated carbocycles. The lowest BCUT2D eigenvalue weighted by Gasteiger charge is -2.09. The number of nitriles is 1. The monoisotopic (exact) mass is 264 g/mol. The highest BCUT2D eigenvalue weighted by atomic mass is 16.4. The lowest BCUT2D eigenvalue weighted by molar-refractivity contribution is -0.140. The summed E-state index contributed by atoms with van der Waals surface area (Å²) in [6.07, 6.45) is 0. The molecular formula is C16H12N2O2. The van der Waals surface area contributed by atoms with E-state index in [0.717, 1.165) is 21.8 Å². The molecule has 0 fully saturated rings. The Bertz CT molecular complexity index is 789. The van der Waals surface area contributed by atoms with Crippen molar-refractivity contribution in [1.82, 2.24) is 4.57 Å². The van der Waals surface area contributed by atoms with E-state index in [1.807, 2.05) is 59.2 Å². The first-order valence-electron chi connectivity index (χ1n) is 6.31. The molecule has 1 aromatic heterocycles. The van der Waals surface area contributed by atoms with Gasteiger partial charge in [-0.1, -0.05) is 36.4 Å². The molecule has 1 heterocycles. The molecule has 1 unspecified atom stereocenters. The van der Waals surface area contributed by atoms with Gasteiger partial charge < -0.3 is 9.67 Å². The largest absolute Gasteiger partial charge is 0.480 e. The predicted octanol–water partition coefficient (Wildman–Crippen LogP) is 3.02. The number of aliphatic carboxylic acids is 1. The lowest BCUT2D eigenvalue weighted by atomic mass is 10.1. The molecule has 4 nitrogen and oxygen atoms in total. The van der Waals surface area contributed by atoms with Crippen molar-refractivity contribution >= 4 is 27.8 Å². The van der Waals surface area contributed by atoms with Crippen molar-refractivity contribution in [2.75, 3.05) is 0 Å². The molecule has 0 saturated heterocycles. The van der Waals surface area contributed by atoms with E-state index >= 15 is 0 Å². The summed E-state index contributed by atoms with van der Waals surface area (Å²) in [5.41, 5.74) is 1.91. The first-order valence-corrected chi connectivity index (χ1v) is 6.31. The van der Waals surface area contributed by atoms with Gasteiger partial charge in [-0.3, -0.25) is 4.79 Å². The van der Waals surface area contributed by atoms with Crippen LogP contribution in [0.5, 0.6) is 0 Å². The van der Waals surface area contributed by atoms with Crippen LogP contribution in [0.2, 0.25) is 0 Å². The second-order valence-corrected chi connectivity index (χ2v) is 4.66. The van der Waals surface area contributed by atoms with E-state index in [9.17, 15) is 4.79 Å². The summed E-state index contributed by atoms with van der Waals surface area (Å²) in [5, 5.41) is 20.2. The smallest absolute Gasteiger partial charge is 0.322 e. The van der Waals surface area contributed by atoms with Crippen LogP contribution in [-0.4, -0.2) is 15.6 Å². The second-order valence-electron chi connectivity index (χ2n) is 4.66. The third-order valence-electron chi connectivity index (χ3n) is 3.50. The quantitative estimate of drug-likeness (QED) is 0.790. The van der Waals surface area contributed by atoms with Crippen LogP contribution in [0.25, 0.3) is 21.8 Å². The Hall–Kier alpha value is -2.80. The molecule has 0 aliphatic rings. The number of para-hydroxylation sites is 2. The second kappa shape index (κ2) is 4.71. The van der Waals surface area contributed by atoms with Crippen LogP contribution >= 0.6 is 0 Å². The number of carboxylic acid groups (broad SMARTS) is 1. The molecule has 1 N–H and O–H groups in total. The molecule has 2 aromatic carbocycles. The zero-order chi connectivity index (χ0) is 14.1. The molecule has 20 heavy (non-hydrogen) atoms. The van der Waals surface area contributed by atoms with E-state index in [4.69, 9.17) is 10.4 Å². The molecule has 0 amide bonds. The third-order valence-corrected chi connectivity index (χ3v) is 3.50. The Morgan fingerprint density at radius 2 is 1.60 bits per heavy atom. The van der Waals surface area contributed by atoms with Crippen molar-refractivity contribution in [2.45, 2.75) is 6.54 Å². The molecular weight excluding hydrogens is 252 g/mol. The lowest BCUT2D eigenvalue weighted by Crippen LogP contribution is -2.18. The Balaban J connectivity index is 2.27. The van der Waals surface area contributed by atoms with E-state index in [-0.39, 0.29) is 6.54 Å². The number of benzene rings is 2. The van der Waals surface area contributed by atoms with Crippen molar-refractivity contribution in [2.24, 2.45) is 5.92 Å². The fraction of sp³-hybridized carbons (Fsp3) is 0.125. The van der Waals surface area contributed by atoms with Crippen LogP contribution in [0, 0.1) is 17.2 Å². The summed E-state index contributed by atoms with van der Waals surface area (Å²) >= 11 is 0. The van der Waals surface area contributed by atoms with Crippen LogP contribution in [0.3, 0.4) is 0 Å². The molecule has 3 rings (SSSR count). The zero-order valence-corrected chi connectivity index (χ0v) is 10.7. The van der Waals surface area contributed by atoms with Gasteiger partial charge in [0.15, 0.2) is 5.92 Å². The van der Waals surface area contributed by atoms with Crippen molar-refractivity contribution in [3.63, 3.8) is 0 Å². The molecule has 0 aliphatic carbocycles. The number of aromatic nitrogens is 1. The van der Waals surface area contributed by atoms with Crippen molar-refractivity contribution in [3.8, 4) is 6.07 Å². The van der Waals surface area contributed by atoms with Gasteiger partial charge in [-0.15, -0.1) is 0 Å². The average Bonchev–Trinajstić information content (AvgIpc) is 2.79. The SMILES string of the molecule is N#CC(Cn1c2ccccc2c2ccccc21)C(=O)O. The normalized spacial score (nSPS) is 12.3. The van der Waals surface area contributed by atoms with Gasteiger partial charge in [0.05, 0.1) is 6.07 Å². The molecule has 0 spiro atoms.